The van der Waals surface area contributed by atoms with Crippen molar-refractivity contribution in [1.82, 2.24) is 0 Å². The highest BCUT2D eigenvalue weighted by molar-refractivity contribution is 7.98. The van der Waals surface area contributed by atoms with E-state index in [4.69, 9.17) is 21.6 Å². The molecule has 0 bridgehead atoms. The van der Waals surface area contributed by atoms with Crippen molar-refractivity contribution in [2.75, 3.05) is 6.26 Å². The molecule has 0 atom stereocenters. The van der Waals surface area contributed by atoms with Gasteiger partial charge in [-0.3, -0.25) is 0 Å². The summed E-state index contributed by atoms with van der Waals surface area (Å²) in [6.45, 7) is 0.323. The number of hydrogen-bond donors (Lipinski definition) is 3. The lowest BCUT2D eigenvalue weighted by Gasteiger charge is -1.93. The molecule has 0 saturated heterocycles. The third kappa shape index (κ3) is 3.94. The molecule has 0 aliphatic rings. The maximum absolute atomic E-state index is 5.42. The van der Waals surface area contributed by atoms with Crippen LogP contribution in [0.25, 0.3) is 0 Å². The molecular weight excluding hydrogens is 214 g/mol. The molecule has 6 N–H and O–H groups in total. The van der Waals surface area contributed by atoms with E-state index in [2.05, 4.69) is 9.98 Å². The van der Waals surface area contributed by atoms with Crippen LogP contribution in [0.1, 0.15) is 5.76 Å². The highest BCUT2D eigenvalue weighted by atomic mass is 32.2. The first-order valence-corrected chi connectivity index (χ1v) is 5.35. The van der Waals surface area contributed by atoms with Gasteiger partial charge in [0.1, 0.15) is 18.6 Å². The largest absolute Gasteiger partial charge is 0.466 e. The summed E-state index contributed by atoms with van der Waals surface area (Å²) in [5.74, 6) is 0.644. The zero-order valence-electron chi connectivity index (χ0n) is 8.30. The van der Waals surface area contributed by atoms with Crippen LogP contribution in [0.4, 0.5) is 0 Å². The summed E-state index contributed by atoms with van der Waals surface area (Å²) in [6.07, 6.45) is 3.62. The fourth-order valence-corrected chi connectivity index (χ4v) is 1.27. The van der Waals surface area contributed by atoms with Crippen molar-refractivity contribution in [1.29, 1.82) is 0 Å². The molecule has 1 rings (SSSR count). The average Bonchev–Trinajstić information content (AvgIpc) is 2.61. The molecular formula is C8H13N5OS. The van der Waals surface area contributed by atoms with Crippen LogP contribution in [0.3, 0.4) is 0 Å². The first-order valence-electron chi connectivity index (χ1n) is 4.12. The van der Waals surface area contributed by atoms with Gasteiger partial charge in [-0.2, -0.15) is 4.99 Å². The summed E-state index contributed by atoms with van der Waals surface area (Å²) in [5, 5.41) is 0. The Labute approximate surface area is 91.6 Å². The topological polar surface area (TPSA) is 116 Å². The average molecular weight is 227 g/mol. The van der Waals surface area contributed by atoms with E-state index in [0.29, 0.717) is 12.3 Å². The number of nitrogens with zero attached hydrogens (tertiary/aromatic N) is 2. The van der Waals surface area contributed by atoms with E-state index >= 15 is 0 Å². The Morgan fingerprint density at radius 2 is 2.20 bits per heavy atom. The second-order valence-electron chi connectivity index (χ2n) is 2.66. The fraction of sp³-hybridized carbons (Fsp3) is 0.250. The summed E-state index contributed by atoms with van der Waals surface area (Å²) in [4.78, 5) is 8.54. The van der Waals surface area contributed by atoms with Gasteiger partial charge in [-0.15, -0.1) is 11.8 Å². The molecule has 0 fully saturated rings. The first kappa shape index (κ1) is 11.4. The molecule has 0 amide bonds. The fourth-order valence-electron chi connectivity index (χ4n) is 0.877. The van der Waals surface area contributed by atoms with Crippen LogP contribution in [0.15, 0.2) is 31.6 Å². The van der Waals surface area contributed by atoms with Gasteiger partial charge in [0.15, 0.2) is 5.96 Å². The number of thioether (sulfide) groups is 1. The summed E-state index contributed by atoms with van der Waals surface area (Å²) in [5.41, 5.74) is 15.7. The quantitative estimate of drug-likeness (QED) is 0.384. The minimum absolute atomic E-state index is 0.0390. The van der Waals surface area contributed by atoms with Crippen molar-refractivity contribution in [2.45, 2.75) is 11.4 Å². The van der Waals surface area contributed by atoms with Gasteiger partial charge in [-0.05, 0) is 12.3 Å². The summed E-state index contributed by atoms with van der Waals surface area (Å²) in [7, 11) is 0. The van der Waals surface area contributed by atoms with E-state index in [1.165, 1.54) is 0 Å². The molecule has 0 aromatic carbocycles. The van der Waals surface area contributed by atoms with E-state index < -0.39 is 0 Å². The predicted octanol–water partition coefficient (Wildman–Crippen LogP) is 0.0896. The number of rotatable bonds is 3. The zero-order chi connectivity index (χ0) is 11.3. The Balaban J connectivity index is 2.59. The molecule has 0 saturated carbocycles. The smallest absolute Gasteiger partial charge is 0.218 e. The maximum atomic E-state index is 5.42. The number of hydrogen-bond acceptors (Lipinski definition) is 3. The highest BCUT2D eigenvalue weighted by Crippen LogP contribution is 2.18. The van der Waals surface area contributed by atoms with E-state index in [-0.39, 0.29) is 11.9 Å². The molecule has 0 unspecified atom stereocenters. The summed E-state index contributed by atoms with van der Waals surface area (Å²) >= 11 is 1.59. The molecule has 82 valence electrons. The van der Waals surface area contributed by atoms with Crippen LogP contribution in [0.2, 0.25) is 0 Å². The standard InChI is InChI=1S/C8H13N5OS/c1-15-6-2-5(14-4-6)3-12-8(11)13-7(9)10/h2,4H,3H2,1H3,(H6,9,10,11,12,13). The number of furan rings is 1. The Bertz CT molecular complexity index is 380. The lowest BCUT2D eigenvalue weighted by Crippen LogP contribution is -2.26. The summed E-state index contributed by atoms with van der Waals surface area (Å²) < 4.78 is 5.22. The number of aliphatic imine (C=N–C) groups is 2. The second kappa shape index (κ2) is 5.30. The molecule has 1 heterocycles. The molecule has 1 aromatic heterocycles. The monoisotopic (exact) mass is 227 g/mol. The highest BCUT2D eigenvalue weighted by Gasteiger charge is 1.99. The predicted molar refractivity (Wildman–Crippen MR) is 61.6 cm³/mol. The maximum Gasteiger partial charge on any atom is 0.218 e. The van der Waals surface area contributed by atoms with Gasteiger partial charge in [-0.1, -0.05) is 0 Å². The first-order chi connectivity index (χ1) is 7.11. The van der Waals surface area contributed by atoms with Crippen LogP contribution in [0, 0.1) is 0 Å². The van der Waals surface area contributed by atoms with Gasteiger partial charge in [-0.25, -0.2) is 4.99 Å². The molecule has 6 nitrogen and oxygen atoms in total. The Kier molecular flexibility index (Phi) is 4.04. The molecule has 7 heteroatoms. The van der Waals surface area contributed by atoms with Gasteiger partial charge < -0.3 is 21.6 Å². The van der Waals surface area contributed by atoms with E-state index in [1.807, 2.05) is 12.3 Å². The Hall–Kier alpha value is -1.63. The molecule has 0 aliphatic carbocycles. The van der Waals surface area contributed by atoms with Gasteiger partial charge in [0.05, 0.1) is 0 Å². The third-order valence-electron chi connectivity index (χ3n) is 1.51. The van der Waals surface area contributed by atoms with E-state index in [9.17, 15) is 0 Å². The van der Waals surface area contributed by atoms with Crippen molar-refractivity contribution in [2.24, 2.45) is 27.2 Å². The molecule has 15 heavy (non-hydrogen) atoms. The third-order valence-corrected chi connectivity index (χ3v) is 2.19. The van der Waals surface area contributed by atoms with Crippen LogP contribution < -0.4 is 17.2 Å². The molecule has 1 aromatic rings. The second-order valence-corrected chi connectivity index (χ2v) is 3.54. The zero-order valence-corrected chi connectivity index (χ0v) is 9.12. The van der Waals surface area contributed by atoms with Gasteiger partial charge in [0, 0.05) is 4.90 Å². The normalized spacial score (nSPS) is 11.4. The van der Waals surface area contributed by atoms with Gasteiger partial charge >= 0.3 is 0 Å². The number of nitrogens with two attached hydrogens (primary N) is 3. The van der Waals surface area contributed by atoms with Crippen molar-refractivity contribution < 1.29 is 4.42 Å². The summed E-state index contributed by atoms with van der Waals surface area (Å²) in [6, 6.07) is 1.89. The van der Waals surface area contributed by atoms with Gasteiger partial charge in [0.2, 0.25) is 5.96 Å². The van der Waals surface area contributed by atoms with Crippen LogP contribution in [-0.4, -0.2) is 18.2 Å². The van der Waals surface area contributed by atoms with Crippen molar-refractivity contribution >= 4 is 23.7 Å². The van der Waals surface area contributed by atoms with Crippen LogP contribution >= 0.6 is 11.8 Å². The van der Waals surface area contributed by atoms with Crippen LogP contribution in [0.5, 0.6) is 0 Å². The van der Waals surface area contributed by atoms with Crippen LogP contribution in [-0.2, 0) is 6.54 Å². The minimum Gasteiger partial charge on any atom is -0.466 e. The van der Waals surface area contributed by atoms with Gasteiger partial charge in [0.25, 0.3) is 0 Å². The molecule has 0 spiro atoms. The molecule has 0 radical (unpaired) electrons. The van der Waals surface area contributed by atoms with E-state index in [0.717, 1.165) is 4.90 Å². The number of guanidine groups is 2. The lowest BCUT2D eigenvalue weighted by molar-refractivity contribution is 0.509. The van der Waals surface area contributed by atoms with Crippen molar-refractivity contribution in [3.05, 3.63) is 18.1 Å². The van der Waals surface area contributed by atoms with Crippen molar-refractivity contribution in [3.8, 4) is 0 Å². The SMILES string of the molecule is CSc1coc(CN=C(N)N=C(N)N)c1. The van der Waals surface area contributed by atoms with Crippen molar-refractivity contribution in [3.63, 3.8) is 0 Å². The van der Waals surface area contributed by atoms with E-state index in [1.54, 1.807) is 18.0 Å². The lowest BCUT2D eigenvalue weighted by atomic mass is 10.4. The molecule has 0 aliphatic heterocycles. The minimum atomic E-state index is -0.111. The Morgan fingerprint density at radius 1 is 1.47 bits per heavy atom. The Morgan fingerprint density at radius 3 is 2.73 bits per heavy atom.